The Hall–Kier alpha value is -2.68. The summed E-state index contributed by atoms with van der Waals surface area (Å²) in [5.74, 6) is -0.0987. The zero-order valence-corrected chi connectivity index (χ0v) is 22.9. The topological polar surface area (TPSA) is 99.5 Å². The van der Waals surface area contributed by atoms with Crippen molar-refractivity contribution in [3.63, 3.8) is 0 Å². The molecule has 0 aliphatic carbocycles. The fraction of sp³-hybridized carbons (Fsp3) is 0.483. The second kappa shape index (κ2) is 10.2. The van der Waals surface area contributed by atoms with E-state index in [9.17, 15) is 13.2 Å². The fourth-order valence-corrected chi connectivity index (χ4v) is 7.38. The third kappa shape index (κ3) is 4.82. The van der Waals surface area contributed by atoms with Crippen LogP contribution in [0.1, 0.15) is 79.4 Å². The number of nitrogens with zero attached hydrogens (tertiary/aromatic N) is 2. The molecule has 3 heterocycles. The molecule has 3 aromatic rings. The van der Waals surface area contributed by atoms with Gasteiger partial charge in [0.25, 0.3) is 5.91 Å². The predicted molar refractivity (Wildman–Crippen MR) is 149 cm³/mol. The molecule has 5 rings (SSSR count). The van der Waals surface area contributed by atoms with Crippen LogP contribution in [0.15, 0.2) is 36.5 Å². The molecule has 8 heteroatoms. The lowest BCUT2D eigenvalue weighted by Crippen LogP contribution is -2.38. The number of fused-ring (bicyclic) bond motifs is 2. The first-order chi connectivity index (χ1) is 17.7. The molecule has 37 heavy (non-hydrogen) atoms. The van der Waals surface area contributed by atoms with Crippen molar-refractivity contribution in [2.24, 2.45) is 5.73 Å². The Bertz CT molecular complexity index is 1420. The van der Waals surface area contributed by atoms with E-state index >= 15 is 0 Å². The Labute approximate surface area is 220 Å². The molecule has 0 bridgehead atoms. The average molecular weight is 523 g/mol. The number of aromatic nitrogens is 1. The van der Waals surface area contributed by atoms with E-state index in [0.717, 1.165) is 66.4 Å². The number of benzene rings is 2. The highest BCUT2D eigenvalue weighted by Gasteiger charge is 2.29. The van der Waals surface area contributed by atoms with Crippen molar-refractivity contribution in [2.75, 3.05) is 18.8 Å². The largest absolute Gasteiger partial charge is 0.366 e. The Balaban J connectivity index is 1.48. The third-order valence-electron chi connectivity index (χ3n) is 8.48. The summed E-state index contributed by atoms with van der Waals surface area (Å²) in [7, 11) is -3.17. The highest BCUT2D eigenvalue weighted by atomic mass is 32.2. The summed E-state index contributed by atoms with van der Waals surface area (Å²) in [6.07, 6.45) is 5.79. The number of hydrogen-bond donors (Lipinski definition) is 2. The SMILES string of the molecule is CCC(CC)N1Cc2ccc(-c3cc(C(N)=O)c4[nH]cc(C5CCN(S(=O)(=O)CC)CC5)c4c3)cc2C1. The number of nitrogens with two attached hydrogens (primary N) is 1. The number of primary amides is 1. The molecule has 2 aliphatic heterocycles. The average Bonchev–Trinajstić information content (AvgIpc) is 3.52. The van der Waals surface area contributed by atoms with Crippen LogP contribution in [-0.4, -0.2) is 53.4 Å². The standard InChI is InChI=1S/C29H38N4O3S/c1-4-24(5-2)32-17-21-8-7-20(13-23(21)18-32)22-14-25-27(16-31-28(25)26(15-22)29(30)34)19-9-11-33(12-10-19)37(35,36)6-3/h7-8,13-16,19,24,31H,4-6,9-12,17-18H2,1-3H3,(H2,30,34). The number of carbonyl (C=O) groups is 1. The number of H-pyrrole nitrogens is 1. The van der Waals surface area contributed by atoms with E-state index in [0.29, 0.717) is 24.7 Å². The molecular weight excluding hydrogens is 484 g/mol. The minimum absolute atomic E-state index is 0.131. The summed E-state index contributed by atoms with van der Waals surface area (Å²) >= 11 is 0. The van der Waals surface area contributed by atoms with Gasteiger partial charge in [-0.05, 0) is 84.5 Å². The number of hydrogen-bond acceptors (Lipinski definition) is 4. The van der Waals surface area contributed by atoms with Gasteiger partial charge < -0.3 is 10.7 Å². The van der Waals surface area contributed by atoms with E-state index < -0.39 is 15.9 Å². The van der Waals surface area contributed by atoms with E-state index in [1.165, 1.54) is 11.1 Å². The van der Waals surface area contributed by atoms with E-state index in [-0.39, 0.29) is 11.7 Å². The van der Waals surface area contributed by atoms with Crippen LogP contribution in [0.25, 0.3) is 22.0 Å². The molecule has 0 radical (unpaired) electrons. The summed E-state index contributed by atoms with van der Waals surface area (Å²) in [4.78, 5) is 18.3. The Kier molecular flexibility index (Phi) is 7.18. The predicted octanol–water partition coefficient (Wildman–Crippen LogP) is 4.97. The van der Waals surface area contributed by atoms with Gasteiger partial charge in [-0.15, -0.1) is 0 Å². The van der Waals surface area contributed by atoms with Crippen molar-refractivity contribution in [3.8, 4) is 11.1 Å². The number of nitrogens with one attached hydrogen (secondary N) is 1. The number of carbonyl (C=O) groups excluding carboxylic acids is 1. The molecule has 7 nitrogen and oxygen atoms in total. The second-order valence-electron chi connectivity index (χ2n) is 10.5. The van der Waals surface area contributed by atoms with Crippen molar-refractivity contribution in [1.29, 1.82) is 0 Å². The summed E-state index contributed by atoms with van der Waals surface area (Å²) in [6.45, 7) is 9.18. The summed E-state index contributed by atoms with van der Waals surface area (Å²) in [6, 6.07) is 11.3. The molecule has 2 aliphatic rings. The molecule has 1 saturated heterocycles. The third-order valence-corrected chi connectivity index (χ3v) is 10.4. The molecule has 0 saturated carbocycles. The van der Waals surface area contributed by atoms with Gasteiger partial charge in [0.15, 0.2) is 0 Å². The van der Waals surface area contributed by atoms with Gasteiger partial charge in [-0.25, -0.2) is 12.7 Å². The maximum atomic E-state index is 12.5. The van der Waals surface area contributed by atoms with E-state index in [1.807, 2.05) is 12.3 Å². The number of piperidine rings is 1. The van der Waals surface area contributed by atoms with Crippen molar-refractivity contribution >= 4 is 26.8 Å². The van der Waals surface area contributed by atoms with Gasteiger partial charge in [-0.2, -0.15) is 0 Å². The van der Waals surface area contributed by atoms with Gasteiger partial charge in [-0.3, -0.25) is 9.69 Å². The minimum atomic E-state index is -3.17. The molecule has 0 atom stereocenters. The Morgan fingerprint density at radius 1 is 1.03 bits per heavy atom. The van der Waals surface area contributed by atoms with Crippen molar-refractivity contribution in [3.05, 3.63) is 58.8 Å². The second-order valence-corrected chi connectivity index (χ2v) is 12.7. The van der Waals surface area contributed by atoms with Crippen molar-refractivity contribution in [2.45, 2.75) is 71.5 Å². The Morgan fingerprint density at radius 2 is 1.73 bits per heavy atom. The first kappa shape index (κ1) is 25.9. The lowest BCUT2D eigenvalue weighted by atomic mass is 9.88. The van der Waals surface area contributed by atoms with Crippen molar-refractivity contribution < 1.29 is 13.2 Å². The van der Waals surface area contributed by atoms with Crippen LogP contribution in [0, 0.1) is 0 Å². The first-order valence-electron chi connectivity index (χ1n) is 13.5. The quantitative estimate of drug-likeness (QED) is 0.436. The molecule has 0 spiro atoms. The van der Waals surface area contributed by atoms with Crippen LogP contribution in [-0.2, 0) is 23.1 Å². The van der Waals surface area contributed by atoms with Crippen LogP contribution in [0.4, 0.5) is 0 Å². The van der Waals surface area contributed by atoms with Gasteiger partial charge in [0.1, 0.15) is 0 Å². The Morgan fingerprint density at radius 3 is 2.38 bits per heavy atom. The minimum Gasteiger partial charge on any atom is -0.366 e. The van der Waals surface area contributed by atoms with E-state index in [1.54, 1.807) is 11.2 Å². The molecule has 1 aromatic heterocycles. The monoisotopic (exact) mass is 522 g/mol. The number of rotatable bonds is 8. The van der Waals surface area contributed by atoms with Gasteiger partial charge >= 0.3 is 0 Å². The highest BCUT2D eigenvalue weighted by Crippen LogP contribution is 2.38. The first-order valence-corrected chi connectivity index (χ1v) is 15.1. The van der Waals surface area contributed by atoms with E-state index in [2.05, 4.69) is 48.0 Å². The maximum absolute atomic E-state index is 12.5. The normalized spacial score (nSPS) is 17.6. The van der Waals surface area contributed by atoms with Crippen LogP contribution in [0.5, 0.6) is 0 Å². The van der Waals surface area contributed by atoms with Crippen LogP contribution < -0.4 is 5.73 Å². The van der Waals surface area contributed by atoms with Crippen LogP contribution in [0.2, 0.25) is 0 Å². The smallest absolute Gasteiger partial charge is 0.250 e. The molecular formula is C29H38N4O3S. The number of amides is 1. The number of aromatic amines is 1. The fourth-order valence-electron chi connectivity index (χ4n) is 6.24. The molecule has 0 unspecified atom stereocenters. The van der Waals surface area contributed by atoms with Gasteiger partial charge in [0.2, 0.25) is 10.0 Å². The van der Waals surface area contributed by atoms with Crippen LogP contribution >= 0.6 is 0 Å². The highest BCUT2D eigenvalue weighted by molar-refractivity contribution is 7.89. The van der Waals surface area contributed by atoms with E-state index in [4.69, 9.17) is 5.73 Å². The van der Waals surface area contributed by atoms with Gasteiger partial charge in [-0.1, -0.05) is 26.0 Å². The molecule has 2 aromatic carbocycles. The lowest BCUT2D eigenvalue weighted by Gasteiger charge is -2.31. The van der Waals surface area contributed by atoms with Crippen molar-refractivity contribution in [1.82, 2.24) is 14.2 Å². The molecule has 3 N–H and O–H groups in total. The summed E-state index contributed by atoms with van der Waals surface area (Å²) < 4.78 is 26.2. The van der Waals surface area contributed by atoms with Crippen LogP contribution in [0.3, 0.4) is 0 Å². The lowest BCUT2D eigenvalue weighted by molar-refractivity contribution is 0.100. The molecule has 1 amide bonds. The number of sulfonamides is 1. The summed E-state index contributed by atoms with van der Waals surface area (Å²) in [5.41, 5.74) is 13.0. The zero-order valence-electron chi connectivity index (χ0n) is 22.1. The molecule has 1 fully saturated rings. The summed E-state index contributed by atoms with van der Waals surface area (Å²) in [5, 5.41) is 1.00. The molecule has 198 valence electrons. The maximum Gasteiger partial charge on any atom is 0.250 e. The van der Waals surface area contributed by atoms with Gasteiger partial charge in [0, 0.05) is 43.8 Å². The zero-order chi connectivity index (χ0) is 26.3. The van der Waals surface area contributed by atoms with Gasteiger partial charge in [0.05, 0.1) is 16.8 Å².